The highest BCUT2D eigenvalue weighted by molar-refractivity contribution is 5.78. The second kappa shape index (κ2) is 7.97. The molecule has 2 rings (SSSR count). The Morgan fingerprint density at radius 2 is 1.75 bits per heavy atom. The lowest BCUT2D eigenvalue weighted by Gasteiger charge is -2.16. The van der Waals surface area contributed by atoms with E-state index in [0.717, 1.165) is 28.0 Å². The molecule has 24 heavy (non-hydrogen) atoms. The maximum atomic E-state index is 11.7. The average molecular weight is 327 g/mol. The second-order valence-electron chi connectivity index (χ2n) is 6.05. The van der Waals surface area contributed by atoms with Gasteiger partial charge in [0.1, 0.15) is 12.4 Å². The first-order valence-corrected chi connectivity index (χ1v) is 8.08. The highest BCUT2D eigenvalue weighted by Gasteiger charge is 2.12. The van der Waals surface area contributed by atoms with Crippen molar-refractivity contribution in [1.29, 1.82) is 0 Å². The largest absolute Gasteiger partial charge is 0.489 e. The fourth-order valence-corrected chi connectivity index (χ4v) is 2.69. The molecule has 128 valence electrons. The molecule has 4 heteroatoms. The van der Waals surface area contributed by atoms with Crippen molar-refractivity contribution in [3.63, 3.8) is 0 Å². The molecule has 2 aromatic carbocycles. The van der Waals surface area contributed by atoms with Crippen LogP contribution in [0.4, 0.5) is 0 Å². The zero-order valence-electron chi connectivity index (χ0n) is 14.8. The Morgan fingerprint density at radius 1 is 1.08 bits per heavy atom. The third-order valence-corrected chi connectivity index (χ3v) is 4.33. The molecule has 1 amide bonds. The van der Waals surface area contributed by atoms with Gasteiger partial charge in [0, 0.05) is 7.05 Å². The summed E-state index contributed by atoms with van der Waals surface area (Å²) < 4.78 is 6.01. The van der Waals surface area contributed by atoms with Gasteiger partial charge in [0.25, 0.3) is 0 Å². The van der Waals surface area contributed by atoms with Gasteiger partial charge in [0.2, 0.25) is 5.91 Å². The molecule has 0 bridgehead atoms. The number of hydrogen-bond donors (Lipinski definition) is 2. The van der Waals surface area contributed by atoms with Crippen LogP contribution in [0.1, 0.15) is 33.4 Å². The number of amides is 1. The van der Waals surface area contributed by atoms with Gasteiger partial charge in [-0.05, 0) is 60.2 Å². The molecule has 0 fully saturated rings. The molecular weight excluding hydrogens is 302 g/mol. The maximum absolute atomic E-state index is 11.7. The summed E-state index contributed by atoms with van der Waals surface area (Å²) in [7, 11) is 1.62. The molecule has 0 aliphatic heterocycles. The van der Waals surface area contributed by atoms with Gasteiger partial charge in [0.05, 0.1) is 13.0 Å². The summed E-state index contributed by atoms with van der Waals surface area (Å²) in [6, 6.07) is 9.76. The molecule has 0 aromatic heterocycles. The molecule has 0 saturated heterocycles. The van der Waals surface area contributed by atoms with E-state index in [9.17, 15) is 9.90 Å². The van der Waals surface area contributed by atoms with E-state index in [1.165, 1.54) is 11.1 Å². The average Bonchev–Trinajstić information content (AvgIpc) is 2.57. The molecule has 0 saturated carbocycles. The predicted octanol–water partition coefficient (Wildman–Crippen LogP) is 2.97. The number of rotatable bonds is 6. The Labute approximate surface area is 143 Å². The van der Waals surface area contributed by atoms with Crippen molar-refractivity contribution in [1.82, 2.24) is 5.32 Å². The van der Waals surface area contributed by atoms with Crippen molar-refractivity contribution in [2.24, 2.45) is 0 Å². The number of likely N-dealkylation sites (N-methyl/N-ethyl adjacent to an activating group) is 1. The second-order valence-corrected chi connectivity index (χ2v) is 6.05. The molecule has 2 aromatic rings. The Bertz CT molecular complexity index is 738. The number of ether oxygens (including phenoxy) is 1. The smallest absolute Gasteiger partial charge is 0.224 e. The van der Waals surface area contributed by atoms with E-state index >= 15 is 0 Å². The van der Waals surface area contributed by atoms with Crippen molar-refractivity contribution in [3.8, 4) is 5.75 Å². The van der Waals surface area contributed by atoms with E-state index in [1.807, 2.05) is 31.2 Å². The normalized spacial score (nSPS) is 10.5. The molecule has 0 aliphatic rings. The van der Waals surface area contributed by atoms with Gasteiger partial charge >= 0.3 is 0 Å². The first kappa shape index (κ1) is 18.0. The maximum Gasteiger partial charge on any atom is 0.224 e. The number of benzene rings is 2. The van der Waals surface area contributed by atoms with Gasteiger partial charge in [-0.2, -0.15) is 0 Å². The first-order valence-electron chi connectivity index (χ1n) is 8.08. The molecule has 0 spiro atoms. The van der Waals surface area contributed by atoms with E-state index in [1.54, 1.807) is 7.05 Å². The molecule has 0 aliphatic carbocycles. The molecule has 2 N–H and O–H groups in total. The van der Waals surface area contributed by atoms with Gasteiger partial charge in [-0.25, -0.2) is 0 Å². The monoisotopic (exact) mass is 327 g/mol. The van der Waals surface area contributed by atoms with E-state index in [4.69, 9.17) is 4.74 Å². The molecule has 0 unspecified atom stereocenters. The van der Waals surface area contributed by atoms with Crippen molar-refractivity contribution < 1.29 is 14.6 Å². The van der Waals surface area contributed by atoms with Crippen LogP contribution in [0.5, 0.6) is 5.75 Å². The van der Waals surface area contributed by atoms with E-state index < -0.39 is 0 Å². The van der Waals surface area contributed by atoms with Crippen LogP contribution in [0.3, 0.4) is 0 Å². The summed E-state index contributed by atoms with van der Waals surface area (Å²) in [5.41, 5.74) is 6.03. The third-order valence-electron chi connectivity index (χ3n) is 4.33. The highest BCUT2D eigenvalue weighted by atomic mass is 16.5. The minimum atomic E-state index is -0.0772. The number of carbonyl (C=O) groups is 1. The van der Waals surface area contributed by atoms with Crippen LogP contribution < -0.4 is 10.1 Å². The predicted molar refractivity (Wildman–Crippen MR) is 95.1 cm³/mol. The Kier molecular flexibility index (Phi) is 5.99. The third kappa shape index (κ3) is 4.15. The number of aryl methyl sites for hydroxylation is 3. The molecule has 0 atom stereocenters. The lowest BCUT2D eigenvalue weighted by Crippen LogP contribution is -2.21. The molecule has 0 heterocycles. The van der Waals surface area contributed by atoms with Crippen LogP contribution in [-0.2, 0) is 24.4 Å². The van der Waals surface area contributed by atoms with Gasteiger partial charge in [-0.1, -0.05) is 24.3 Å². The van der Waals surface area contributed by atoms with Crippen LogP contribution in [0, 0.1) is 20.8 Å². The lowest BCUT2D eigenvalue weighted by molar-refractivity contribution is -0.119. The van der Waals surface area contributed by atoms with E-state index in [-0.39, 0.29) is 18.9 Å². The first-order chi connectivity index (χ1) is 11.5. The quantitative estimate of drug-likeness (QED) is 0.857. The van der Waals surface area contributed by atoms with Crippen molar-refractivity contribution in [2.45, 2.75) is 40.4 Å². The van der Waals surface area contributed by atoms with E-state index in [2.05, 4.69) is 25.2 Å². The summed E-state index contributed by atoms with van der Waals surface area (Å²) in [5, 5.41) is 12.2. The Hall–Kier alpha value is -2.33. The summed E-state index contributed by atoms with van der Waals surface area (Å²) in [6.07, 6.45) is 0.273. The van der Waals surface area contributed by atoms with Crippen molar-refractivity contribution >= 4 is 5.91 Å². The zero-order chi connectivity index (χ0) is 17.7. The summed E-state index contributed by atoms with van der Waals surface area (Å²) in [5.74, 6) is 0.769. The number of nitrogens with one attached hydrogen (secondary N) is 1. The summed E-state index contributed by atoms with van der Waals surface area (Å²) in [6.45, 7) is 6.40. The number of hydrogen-bond acceptors (Lipinski definition) is 3. The fourth-order valence-electron chi connectivity index (χ4n) is 2.69. The van der Waals surface area contributed by atoms with Gasteiger partial charge in [0.15, 0.2) is 0 Å². The van der Waals surface area contributed by atoms with Crippen LogP contribution in [0.25, 0.3) is 0 Å². The van der Waals surface area contributed by atoms with Gasteiger partial charge < -0.3 is 15.2 Å². The van der Waals surface area contributed by atoms with Crippen LogP contribution >= 0.6 is 0 Å². The van der Waals surface area contributed by atoms with Crippen LogP contribution in [0.15, 0.2) is 30.3 Å². The fraction of sp³-hybridized carbons (Fsp3) is 0.350. The van der Waals surface area contributed by atoms with Crippen LogP contribution in [-0.4, -0.2) is 18.1 Å². The highest BCUT2D eigenvalue weighted by Crippen LogP contribution is 2.25. The van der Waals surface area contributed by atoms with Gasteiger partial charge in [-0.15, -0.1) is 0 Å². The molecule has 4 nitrogen and oxygen atoms in total. The minimum absolute atomic E-state index is 0.0614. The minimum Gasteiger partial charge on any atom is -0.489 e. The SMILES string of the molecule is CNC(=O)Cc1cccc(CO)c1COc1cc(C)c(C)cc1C. The standard InChI is InChI=1S/C20H25NO3/c1-13-8-15(3)19(9-14(13)2)24-12-18-16(10-20(23)21-4)6-5-7-17(18)11-22/h5-9,22H,10-12H2,1-4H3,(H,21,23). The van der Waals surface area contributed by atoms with Crippen LogP contribution in [0.2, 0.25) is 0 Å². The molecular formula is C20H25NO3. The number of aliphatic hydroxyl groups excluding tert-OH is 1. The zero-order valence-corrected chi connectivity index (χ0v) is 14.8. The van der Waals surface area contributed by atoms with Crippen molar-refractivity contribution in [3.05, 3.63) is 63.7 Å². The van der Waals surface area contributed by atoms with E-state index in [0.29, 0.717) is 6.61 Å². The Morgan fingerprint density at radius 3 is 2.42 bits per heavy atom. The summed E-state index contributed by atoms with van der Waals surface area (Å²) >= 11 is 0. The topological polar surface area (TPSA) is 58.6 Å². The molecule has 0 radical (unpaired) electrons. The van der Waals surface area contributed by atoms with Gasteiger partial charge in [-0.3, -0.25) is 4.79 Å². The van der Waals surface area contributed by atoms with Crippen molar-refractivity contribution in [2.75, 3.05) is 7.05 Å². The summed E-state index contributed by atoms with van der Waals surface area (Å²) in [4.78, 5) is 11.7. The number of aliphatic hydroxyl groups is 1. The lowest BCUT2D eigenvalue weighted by atomic mass is 9.99. The Balaban J connectivity index is 2.28. The number of carbonyl (C=O) groups excluding carboxylic acids is 1.